The second-order valence-corrected chi connectivity index (χ2v) is 6.20. The van der Waals surface area contributed by atoms with Crippen molar-refractivity contribution < 1.29 is 13.9 Å². The standard InChI is InChI=1S/C19H24N2O3/c1-13-14(2)24-15(3)18(13)19(22)21-10-8-20(9-11-21)16-6-5-7-17(12-16)23-4/h5-7,12H,8-11H2,1-4H3. The minimum absolute atomic E-state index is 0.0761. The number of anilines is 1. The van der Waals surface area contributed by atoms with Gasteiger partial charge in [-0.2, -0.15) is 0 Å². The van der Waals surface area contributed by atoms with Crippen molar-refractivity contribution in [3.8, 4) is 5.75 Å². The number of hydrogen-bond donors (Lipinski definition) is 0. The highest BCUT2D eigenvalue weighted by molar-refractivity contribution is 5.97. The number of methoxy groups -OCH3 is 1. The van der Waals surface area contributed by atoms with Crippen LogP contribution in [0.5, 0.6) is 5.75 Å². The van der Waals surface area contributed by atoms with Gasteiger partial charge in [0.15, 0.2) is 0 Å². The summed E-state index contributed by atoms with van der Waals surface area (Å²) < 4.78 is 10.9. The van der Waals surface area contributed by atoms with E-state index in [-0.39, 0.29) is 5.91 Å². The van der Waals surface area contributed by atoms with E-state index in [0.717, 1.165) is 41.4 Å². The van der Waals surface area contributed by atoms with Crippen molar-refractivity contribution in [2.75, 3.05) is 38.2 Å². The number of piperazine rings is 1. The Bertz CT molecular complexity index is 743. The van der Waals surface area contributed by atoms with E-state index in [0.29, 0.717) is 18.8 Å². The van der Waals surface area contributed by atoms with Gasteiger partial charge in [-0.1, -0.05) is 6.07 Å². The molecule has 2 aromatic rings. The Morgan fingerprint density at radius 2 is 1.79 bits per heavy atom. The zero-order valence-electron chi connectivity index (χ0n) is 14.8. The van der Waals surface area contributed by atoms with E-state index in [2.05, 4.69) is 11.0 Å². The quantitative estimate of drug-likeness (QED) is 0.868. The maximum Gasteiger partial charge on any atom is 0.257 e. The number of rotatable bonds is 3. The van der Waals surface area contributed by atoms with Crippen LogP contribution in [0.3, 0.4) is 0 Å². The Labute approximate surface area is 142 Å². The third-order valence-electron chi connectivity index (χ3n) is 4.76. The van der Waals surface area contributed by atoms with Gasteiger partial charge < -0.3 is 19.0 Å². The summed E-state index contributed by atoms with van der Waals surface area (Å²) >= 11 is 0. The van der Waals surface area contributed by atoms with Crippen LogP contribution in [-0.2, 0) is 0 Å². The van der Waals surface area contributed by atoms with Crippen LogP contribution >= 0.6 is 0 Å². The van der Waals surface area contributed by atoms with Crippen LogP contribution < -0.4 is 9.64 Å². The highest BCUT2D eigenvalue weighted by Gasteiger charge is 2.27. The molecule has 0 N–H and O–H groups in total. The molecule has 0 aliphatic carbocycles. The fraction of sp³-hybridized carbons (Fsp3) is 0.421. The predicted molar refractivity (Wildman–Crippen MR) is 94.0 cm³/mol. The van der Waals surface area contributed by atoms with Crippen molar-refractivity contribution in [3.63, 3.8) is 0 Å². The maximum absolute atomic E-state index is 12.8. The van der Waals surface area contributed by atoms with Crippen molar-refractivity contribution in [1.29, 1.82) is 0 Å². The molecule has 1 fully saturated rings. The average Bonchev–Trinajstić information content (AvgIpc) is 2.86. The lowest BCUT2D eigenvalue weighted by Crippen LogP contribution is -2.49. The summed E-state index contributed by atoms with van der Waals surface area (Å²) in [6.45, 7) is 8.76. The summed E-state index contributed by atoms with van der Waals surface area (Å²) in [5.41, 5.74) is 2.81. The van der Waals surface area contributed by atoms with Crippen LogP contribution in [0.25, 0.3) is 0 Å². The zero-order valence-corrected chi connectivity index (χ0v) is 14.8. The number of amides is 1. The largest absolute Gasteiger partial charge is 0.497 e. The lowest BCUT2D eigenvalue weighted by atomic mass is 10.1. The molecule has 0 unspecified atom stereocenters. The smallest absolute Gasteiger partial charge is 0.257 e. The number of carbonyl (C=O) groups excluding carboxylic acids is 1. The first-order valence-corrected chi connectivity index (χ1v) is 8.26. The van der Waals surface area contributed by atoms with Gasteiger partial charge in [-0.05, 0) is 32.9 Å². The number of ether oxygens (including phenoxy) is 1. The third-order valence-corrected chi connectivity index (χ3v) is 4.76. The molecule has 1 aliphatic rings. The molecule has 5 nitrogen and oxygen atoms in total. The summed E-state index contributed by atoms with van der Waals surface area (Å²) in [4.78, 5) is 17.0. The molecule has 0 bridgehead atoms. The normalized spacial score (nSPS) is 14.8. The van der Waals surface area contributed by atoms with Gasteiger partial charge >= 0.3 is 0 Å². The number of carbonyl (C=O) groups is 1. The fourth-order valence-electron chi connectivity index (χ4n) is 3.24. The van der Waals surface area contributed by atoms with E-state index in [1.807, 2.05) is 43.9 Å². The Hall–Kier alpha value is -2.43. The molecule has 1 aromatic heterocycles. The number of aryl methyl sites for hydroxylation is 2. The molecule has 24 heavy (non-hydrogen) atoms. The van der Waals surface area contributed by atoms with E-state index in [1.54, 1.807) is 7.11 Å². The average molecular weight is 328 g/mol. The van der Waals surface area contributed by atoms with Crippen molar-refractivity contribution in [3.05, 3.63) is 46.9 Å². The second kappa shape index (κ2) is 6.59. The van der Waals surface area contributed by atoms with Crippen molar-refractivity contribution >= 4 is 11.6 Å². The van der Waals surface area contributed by atoms with Gasteiger partial charge in [-0.3, -0.25) is 4.79 Å². The van der Waals surface area contributed by atoms with Gasteiger partial charge in [0.25, 0.3) is 5.91 Å². The minimum Gasteiger partial charge on any atom is -0.497 e. The third kappa shape index (κ3) is 2.98. The van der Waals surface area contributed by atoms with Crippen LogP contribution in [0.1, 0.15) is 27.4 Å². The topological polar surface area (TPSA) is 45.9 Å². The molecule has 5 heteroatoms. The molecule has 0 saturated carbocycles. The molecule has 3 rings (SSSR count). The van der Waals surface area contributed by atoms with Gasteiger partial charge in [-0.25, -0.2) is 0 Å². The zero-order chi connectivity index (χ0) is 17.3. The molecular weight excluding hydrogens is 304 g/mol. The number of benzene rings is 1. The van der Waals surface area contributed by atoms with Gasteiger partial charge in [0, 0.05) is 43.5 Å². The lowest BCUT2D eigenvalue weighted by Gasteiger charge is -2.36. The van der Waals surface area contributed by atoms with Crippen LogP contribution in [0.15, 0.2) is 28.7 Å². The predicted octanol–water partition coefficient (Wildman–Crippen LogP) is 3.18. The van der Waals surface area contributed by atoms with Gasteiger partial charge in [-0.15, -0.1) is 0 Å². The van der Waals surface area contributed by atoms with Crippen LogP contribution in [-0.4, -0.2) is 44.1 Å². The molecule has 0 radical (unpaired) electrons. The van der Waals surface area contributed by atoms with E-state index in [9.17, 15) is 4.79 Å². The first-order chi connectivity index (χ1) is 11.5. The Morgan fingerprint density at radius 3 is 2.38 bits per heavy atom. The van der Waals surface area contributed by atoms with Crippen LogP contribution in [0, 0.1) is 20.8 Å². The SMILES string of the molecule is COc1cccc(N2CCN(C(=O)c3c(C)oc(C)c3C)CC2)c1. The summed E-state index contributed by atoms with van der Waals surface area (Å²) in [7, 11) is 1.67. The molecule has 1 saturated heterocycles. The number of furan rings is 1. The highest BCUT2D eigenvalue weighted by Crippen LogP contribution is 2.25. The lowest BCUT2D eigenvalue weighted by molar-refractivity contribution is 0.0744. The summed E-state index contributed by atoms with van der Waals surface area (Å²) in [6, 6.07) is 8.04. The molecule has 1 aromatic carbocycles. The molecule has 0 spiro atoms. The van der Waals surface area contributed by atoms with E-state index in [1.165, 1.54) is 0 Å². The molecule has 1 aliphatic heterocycles. The monoisotopic (exact) mass is 328 g/mol. The maximum atomic E-state index is 12.8. The Morgan fingerprint density at radius 1 is 1.08 bits per heavy atom. The van der Waals surface area contributed by atoms with E-state index in [4.69, 9.17) is 9.15 Å². The molecular formula is C19H24N2O3. The fourth-order valence-corrected chi connectivity index (χ4v) is 3.24. The van der Waals surface area contributed by atoms with Gasteiger partial charge in [0.05, 0.1) is 12.7 Å². The molecule has 0 atom stereocenters. The molecule has 1 amide bonds. The van der Waals surface area contributed by atoms with Crippen LogP contribution in [0.2, 0.25) is 0 Å². The van der Waals surface area contributed by atoms with Crippen molar-refractivity contribution in [1.82, 2.24) is 4.90 Å². The van der Waals surface area contributed by atoms with Crippen molar-refractivity contribution in [2.24, 2.45) is 0 Å². The second-order valence-electron chi connectivity index (χ2n) is 6.20. The van der Waals surface area contributed by atoms with Crippen LogP contribution in [0.4, 0.5) is 5.69 Å². The summed E-state index contributed by atoms with van der Waals surface area (Å²) in [5, 5.41) is 0. The van der Waals surface area contributed by atoms with E-state index < -0.39 is 0 Å². The van der Waals surface area contributed by atoms with Gasteiger partial charge in [0.2, 0.25) is 0 Å². The summed E-state index contributed by atoms with van der Waals surface area (Å²) in [6.07, 6.45) is 0. The van der Waals surface area contributed by atoms with Crippen molar-refractivity contribution in [2.45, 2.75) is 20.8 Å². The minimum atomic E-state index is 0.0761. The first-order valence-electron chi connectivity index (χ1n) is 8.26. The highest BCUT2D eigenvalue weighted by atomic mass is 16.5. The first kappa shape index (κ1) is 16.4. The Kier molecular flexibility index (Phi) is 4.51. The number of nitrogens with zero attached hydrogens (tertiary/aromatic N) is 2. The molecule has 128 valence electrons. The molecule has 2 heterocycles. The summed E-state index contributed by atoms with van der Waals surface area (Å²) in [5.74, 6) is 2.47. The van der Waals surface area contributed by atoms with Gasteiger partial charge in [0.1, 0.15) is 17.3 Å². The van der Waals surface area contributed by atoms with E-state index >= 15 is 0 Å². The number of hydrogen-bond acceptors (Lipinski definition) is 4. The Balaban J connectivity index is 1.69.